The minimum absolute atomic E-state index is 0.0959. The molecule has 1 aliphatic rings. The third-order valence-corrected chi connectivity index (χ3v) is 3.82. The van der Waals surface area contributed by atoms with Gasteiger partial charge < -0.3 is 15.3 Å². The molecule has 4 nitrogen and oxygen atoms in total. The Hall–Kier alpha value is -1.23. The molecule has 0 amide bonds. The molecule has 98 valence electrons. The fourth-order valence-electron chi connectivity index (χ4n) is 2.83. The van der Waals surface area contributed by atoms with E-state index < -0.39 is 18.1 Å². The largest absolute Gasteiger partial charge is 0.393 e. The SMILES string of the molecule is Cc1cc2c(c(C)c1[C@@H](O)CO)C(=O)[C@@H](C)[C@@H]2O. The van der Waals surface area contributed by atoms with Gasteiger partial charge in [-0.15, -0.1) is 0 Å². The summed E-state index contributed by atoms with van der Waals surface area (Å²) >= 11 is 0. The molecule has 0 spiro atoms. The Morgan fingerprint density at radius 3 is 2.56 bits per heavy atom. The molecule has 0 fully saturated rings. The van der Waals surface area contributed by atoms with E-state index in [9.17, 15) is 15.0 Å². The Labute approximate surface area is 106 Å². The first kappa shape index (κ1) is 13.2. The first-order valence-corrected chi connectivity index (χ1v) is 6.05. The molecule has 0 aromatic heterocycles. The molecule has 0 saturated heterocycles. The summed E-state index contributed by atoms with van der Waals surface area (Å²) in [5.41, 5.74) is 3.18. The van der Waals surface area contributed by atoms with Gasteiger partial charge in [-0.1, -0.05) is 13.0 Å². The van der Waals surface area contributed by atoms with E-state index in [1.807, 2.05) is 6.92 Å². The lowest BCUT2D eigenvalue weighted by Gasteiger charge is -2.18. The van der Waals surface area contributed by atoms with Gasteiger partial charge in [0, 0.05) is 11.5 Å². The van der Waals surface area contributed by atoms with Gasteiger partial charge in [0.15, 0.2) is 5.78 Å². The fourth-order valence-corrected chi connectivity index (χ4v) is 2.83. The van der Waals surface area contributed by atoms with E-state index in [-0.39, 0.29) is 12.4 Å². The van der Waals surface area contributed by atoms with Gasteiger partial charge in [-0.3, -0.25) is 4.79 Å². The Bertz CT molecular complexity index is 507. The molecule has 0 saturated carbocycles. The van der Waals surface area contributed by atoms with Crippen molar-refractivity contribution < 1.29 is 20.1 Å². The van der Waals surface area contributed by atoms with Gasteiger partial charge in [0.25, 0.3) is 0 Å². The first-order chi connectivity index (χ1) is 8.40. The normalized spacial score (nSPS) is 24.2. The van der Waals surface area contributed by atoms with Crippen LogP contribution in [0.2, 0.25) is 0 Å². The standard InChI is InChI=1S/C14H18O4/c1-6-4-9-12(14(18)8(3)13(9)17)7(2)11(6)10(16)5-15/h4,8,10,13,15-17H,5H2,1-3H3/t8-,10-,13-/m0/s1. The third-order valence-electron chi connectivity index (χ3n) is 3.82. The molecule has 1 aromatic rings. The third kappa shape index (κ3) is 1.68. The van der Waals surface area contributed by atoms with Crippen molar-refractivity contribution in [1.29, 1.82) is 0 Å². The monoisotopic (exact) mass is 250 g/mol. The van der Waals surface area contributed by atoms with Crippen LogP contribution in [0.25, 0.3) is 0 Å². The minimum Gasteiger partial charge on any atom is -0.393 e. The van der Waals surface area contributed by atoms with E-state index >= 15 is 0 Å². The van der Waals surface area contributed by atoms with E-state index in [1.165, 1.54) is 0 Å². The van der Waals surface area contributed by atoms with Crippen LogP contribution in [0.4, 0.5) is 0 Å². The Morgan fingerprint density at radius 2 is 2.00 bits per heavy atom. The quantitative estimate of drug-likeness (QED) is 0.737. The van der Waals surface area contributed by atoms with Crippen molar-refractivity contribution in [2.24, 2.45) is 5.92 Å². The molecule has 1 aliphatic carbocycles. The summed E-state index contributed by atoms with van der Waals surface area (Å²) < 4.78 is 0. The van der Waals surface area contributed by atoms with Crippen molar-refractivity contribution in [1.82, 2.24) is 0 Å². The minimum atomic E-state index is -0.990. The van der Waals surface area contributed by atoms with E-state index in [0.717, 1.165) is 5.56 Å². The molecule has 3 atom stereocenters. The highest BCUT2D eigenvalue weighted by molar-refractivity contribution is 6.04. The molecule has 18 heavy (non-hydrogen) atoms. The van der Waals surface area contributed by atoms with Crippen LogP contribution in [0.1, 0.15) is 51.7 Å². The molecule has 0 heterocycles. The summed E-state index contributed by atoms with van der Waals surface area (Å²) in [6, 6.07) is 1.74. The van der Waals surface area contributed by atoms with Crippen LogP contribution in [0.15, 0.2) is 6.07 Å². The number of carbonyl (C=O) groups is 1. The average Bonchev–Trinajstić information content (AvgIpc) is 2.54. The molecule has 1 aromatic carbocycles. The zero-order chi connectivity index (χ0) is 13.6. The maximum atomic E-state index is 12.1. The molecule has 0 bridgehead atoms. The number of benzene rings is 1. The number of Topliss-reactive ketones (excluding diaryl/α,β-unsaturated/α-hetero) is 1. The van der Waals surface area contributed by atoms with Crippen LogP contribution < -0.4 is 0 Å². The molecule has 0 radical (unpaired) electrons. The highest BCUT2D eigenvalue weighted by atomic mass is 16.3. The van der Waals surface area contributed by atoms with Crippen molar-refractivity contribution in [2.45, 2.75) is 33.0 Å². The number of ketones is 1. The van der Waals surface area contributed by atoms with Crippen LogP contribution in [-0.4, -0.2) is 27.7 Å². The zero-order valence-electron chi connectivity index (χ0n) is 10.8. The van der Waals surface area contributed by atoms with Crippen LogP contribution in [0.5, 0.6) is 0 Å². The summed E-state index contributed by atoms with van der Waals surface area (Å²) in [6.45, 7) is 4.88. The van der Waals surface area contributed by atoms with E-state index in [2.05, 4.69) is 0 Å². The molecular weight excluding hydrogens is 232 g/mol. The van der Waals surface area contributed by atoms with Crippen molar-refractivity contribution >= 4 is 5.78 Å². The smallest absolute Gasteiger partial charge is 0.169 e. The second kappa shape index (κ2) is 4.46. The number of rotatable bonds is 2. The highest BCUT2D eigenvalue weighted by Crippen LogP contribution is 2.40. The summed E-state index contributed by atoms with van der Waals surface area (Å²) in [6.07, 6.45) is -1.76. The number of fused-ring (bicyclic) bond motifs is 1. The second-order valence-corrected chi connectivity index (χ2v) is 4.99. The number of carbonyl (C=O) groups excluding carboxylic acids is 1. The van der Waals surface area contributed by atoms with Gasteiger partial charge in [0.2, 0.25) is 0 Å². The summed E-state index contributed by atoms with van der Waals surface area (Å²) in [4.78, 5) is 12.1. The van der Waals surface area contributed by atoms with Crippen molar-refractivity contribution in [2.75, 3.05) is 6.61 Å². The van der Waals surface area contributed by atoms with Crippen LogP contribution in [-0.2, 0) is 0 Å². The van der Waals surface area contributed by atoms with Gasteiger partial charge in [0.1, 0.15) is 6.10 Å². The maximum Gasteiger partial charge on any atom is 0.169 e. The number of aryl methyl sites for hydroxylation is 1. The molecule has 0 unspecified atom stereocenters. The van der Waals surface area contributed by atoms with E-state index in [4.69, 9.17) is 5.11 Å². The van der Waals surface area contributed by atoms with Crippen LogP contribution in [0, 0.1) is 19.8 Å². The van der Waals surface area contributed by atoms with Crippen molar-refractivity contribution in [3.8, 4) is 0 Å². The predicted octanol–water partition coefficient (Wildman–Crippen LogP) is 1.19. The van der Waals surface area contributed by atoms with Crippen LogP contribution >= 0.6 is 0 Å². The van der Waals surface area contributed by atoms with Crippen molar-refractivity contribution in [3.63, 3.8) is 0 Å². The predicted molar refractivity (Wildman–Crippen MR) is 66.4 cm³/mol. The molecule has 2 rings (SSSR count). The van der Waals surface area contributed by atoms with Gasteiger partial charge in [-0.05, 0) is 36.1 Å². The maximum absolute atomic E-state index is 12.1. The molecule has 4 heteroatoms. The number of aliphatic hydroxyl groups excluding tert-OH is 3. The lowest BCUT2D eigenvalue weighted by Crippen LogP contribution is -2.11. The summed E-state index contributed by atoms with van der Waals surface area (Å²) in [7, 11) is 0. The summed E-state index contributed by atoms with van der Waals surface area (Å²) in [5, 5.41) is 28.9. The van der Waals surface area contributed by atoms with Gasteiger partial charge in [-0.25, -0.2) is 0 Å². The van der Waals surface area contributed by atoms with Gasteiger partial charge >= 0.3 is 0 Å². The Balaban J connectivity index is 2.69. The topological polar surface area (TPSA) is 77.8 Å². The molecular formula is C14H18O4. The zero-order valence-corrected chi connectivity index (χ0v) is 10.8. The first-order valence-electron chi connectivity index (χ1n) is 6.05. The lowest BCUT2D eigenvalue weighted by molar-refractivity contribution is 0.0790. The number of hydrogen-bond donors (Lipinski definition) is 3. The van der Waals surface area contributed by atoms with Crippen LogP contribution in [0.3, 0.4) is 0 Å². The Morgan fingerprint density at radius 1 is 1.39 bits per heavy atom. The van der Waals surface area contributed by atoms with Crippen molar-refractivity contribution in [3.05, 3.63) is 33.9 Å². The highest BCUT2D eigenvalue weighted by Gasteiger charge is 2.38. The summed E-state index contributed by atoms with van der Waals surface area (Å²) in [5.74, 6) is -0.541. The van der Waals surface area contributed by atoms with E-state index in [0.29, 0.717) is 22.3 Å². The van der Waals surface area contributed by atoms with E-state index in [1.54, 1.807) is 19.9 Å². The van der Waals surface area contributed by atoms with Gasteiger partial charge in [0.05, 0.1) is 12.7 Å². The second-order valence-electron chi connectivity index (χ2n) is 4.99. The fraction of sp³-hybridized carbons (Fsp3) is 0.500. The lowest BCUT2D eigenvalue weighted by atomic mass is 9.91. The molecule has 0 aliphatic heterocycles. The number of hydrogen-bond acceptors (Lipinski definition) is 4. The average molecular weight is 250 g/mol. The number of aliphatic hydroxyl groups is 3. The Kier molecular flexibility index (Phi) is 3.27. The molecule has 3 N–H and O–H groups in total. The van der Waals surface area contributed by atoms with Gasteiger partial charge in [-0.2, -0.15) is 0 Å².